The molecule has 1 aromatic heterocycles. The number of ether oxygens (including phenoxy) is 1. The Balaban J connectivity index is 1.45. The number of rotatable bonds is 7. The smallest absolute Gasteiger partial charge is 0.246 e. The van der Waals surface area contributed by atoms with Gasteiger partial charge >= 0.3 is 0 Å². The van der Waals surface area contributed by atoms with E-state index in [0.29, 0.717) is 6.54 Å². The molecule has 1 aliphatic heterocycles. The summed E-state index contributed by atoms with van der Waals surface area (Å²) >= 11 is 0. The summed E-state index contributed by atoms with van der Waals surface area (Å²) in [5, 5.41) is 6.49. The molecule has 1 atom stereocenters. The highest BCUT2D eigenvalue weighted by molar-refractivity contribution is 5.95. The molecule has 1 aliphatic rings. The summed E-state index contributed by atoms with van der Waals surface area (Å²) in [6.45, 7) is 7.79. The van der Waals surface area contributed by atoms with E-state index in [1.807, 2.05) is 68.6 Å². The number of nitrogens with zero attached hydrogens (tertiary/aromatic N) is 2. The molecule has 6 nitrogen and oxygen atoms in total. The molecule has 1 fully saturated rings. The number of benzene rings is 2. The van der Waals surface area contributed by atoms with Crippen LogP contribution in [0.25, 0.3) is 0 Å². The second-order valence-corrected chi connectivity index (χ2v) is 8.21. The standard InChI is InChI=1S/C26H30N4O2/c1-19-14-20(2)16-23(15-19)29-26(31)25(22-6-4-3-5-7-22)28-18-21-8-9-24(27-17-21)30-10-12-32-13-11-30/h3-9,14-17,25,28H,10-13,18H2,1-2H3,(H,29,31). The Morgan fingerprint density at radius 1 is 1.03 bits per heavy atom. The van der Waals surface area contributed by atoms with Gasteiger partial charge in [-0.2, -0.15) is 0 Å². The largest absolute Gasteiger partial charge is 0.378 e. The number of pyridine rings is 1. The quantitative estimate of drug-likeness (QED) is 0.593. The fourth-order valence-corrected chi connectivity index (χ4v) is 3.99. The highest BCUT2D eigenvalue weighted by Gasteiger charge is 2.20. The predicted molar refractivity (Wildman–Crippen MR) is 128 cm³/mol. The van der Waals surface area contributed by atoms with Crippen LogP contribution in [0, 0.1) is 13.8 Å². The highest BCUT2D eigenvalue weighted by atomic mass is 16.5. The summed E-state index contributed by atoms with van der Waals surface area (Å²) in [7, 11) is 0. The Morgan fingerprint density at radius 2 is 1.75 bits per heavy atom. The first-order valence-corrected chi connectivity index (χ1v) is 11.0. The van der Waals surface area contributed by atoms with Crippen molar-refractivity contribution in [3.63, 3.8) is 0 Å². The van der Waals surface area contributed by atoms with Crippen molar-refractivity contribution in [2.24, 2.45) is 0 Å². The van der Waals surface area contributed by atoms with E-state index in [0.717, 1.165) is 60.1 Å². The molecule has 2 heterocycles. The summed E-state index contributed by atoms with van der Waals surface area (Å²) in [5.74, 6) is 0.878. The van der Waals surface area contributed by atoms with Crippen LogP contribution in [0.5, 0.6) is 0 Å². The van der Waals surface area contributed by atoms with Gasteiger partial charge in [-0.15, -0.1) is 0 Å². The fourth-order valence-electron chi connectivity index (χ4n) is 3.99. The van der Waals surface area contributed by atoms with Crippen molar-refractivity contribution < 1.29 is 9.53 Å². The number of hydrogen-bond donors (Lipinski definition) is 2. The predicted octanol–water partition coefficient (Wildman–Crippen LogP) is 4.00. The number of carbonyl (C=O) groups is 1. The van der Waals surface area contributed by atoms with E-state index in [9.17, 15) is 4.79 Å². The Bertz CT molecular complexity index is 1010. The zero-order valence-electron chi connectivity index (χ0n) is 18.7. The van der Waals surface area contributed by atoms with Crippen LogP contribution in [-0.4, -0.2) is 37.2 Å². The fraction of sp³-hybridized carbons (Fsp3) is 0.308. The van der Waals surface area contributed by atoms with Crippen LogP contribution in [0.4, 0.5) is 11.5 Å². The van der Waals surface area contributed by atoms with Gasteiger partial charge < -0.3 is 15.0 Å². The van der Waals surface area contributed by atoms with E-state index in [1.54, 1.807) is 0 Å². The molecular formula is C26H30N4O2. The molecule has 3 aromatic rings. The van der Waals surface area contributed by atoms with Crippen molar-refractivity contribution in [1.82, 2.24) is 10.3 Å². The number of aromatic nitrogens is 1. The van der Waals surface area contributed by atoms with E-state index in [4.69, 9.17) is 4.74 Å². The summed E-state index contributed by atoms with van der Waals surface area (Å²) in [4.78, 5) is 20.1. The van der Waals surface area contributed by atoms with Crippen LogP contribution in [-0.2, 0) is 16.1 Å². The van der Waals surface area contributed by atoms with E-state index in [2.05, 4.69) is 32.7 Å². The number of carbonyl (C=O) groups excluding carboxylic acids is 1. The normalized spacial score (nSPS) is 14.8. The second-order valence-electron chi connectivity index (χ2n) is 8.21. The topological polar surface area (TPSA) is 66.5 Å². The number of amides is 1. The first kappa shape index (κ1) is 22.0. The molecule has 0 bridgehead atoms. The molecule has 2 N–H and O–H groups in total. The molecule has 1 saturated heterocycles. The molecule has 4 rings (SSSR count). The molecule has 1 unspecified atom stereocenters. The third kappa shape index (κ3) is 5.72. The summed E-state index contributed by atoms with van der Waals surface area (Å²) in [6.07, 6.45) is 1.88. The van der Waals surface area contributed by atoms with Crippen LogP contribution in [0.1, 0.15) is 28.3 Å². The van der Waals surface area contributed by atoms with Crippen LogP contribution in [0.15, 0.2) is 66.9 Å². The van der Waals surface area contributed by atoms with Gasteiger partial charge in [0, 0.05) is 31.5 Å². The molecular weight excluding hydrogens is 400 g/mol. The minimum atomic E-state index is -0.476. The molecule has 0 aliphatic carbocycles. The summed E-state index contributed by atoms with van der Waals surface area (Å²) in [6, 6.07) is 19.5. The maximum absolute atomic E-state index is 13.2. The van der Waals surface area contributed by atoms with Crippen molar-refractivity contribution in [2.75, 3.05) is 36.5 Å². The number of nitrogens with one attached hydrogen (secondary N) is 2. The highest BCUT2D eigenvalue weighted by Crippen LogP contribution is 2.20. The van der Waals surface area contributed by atoms with Gasteiger partial charge in [0.2, 0.25) is 5.91 Å². The van der Waals surface area contributed by atoms with E-state index in [1.165, 1.54) is 0 Å². The summed E-state index contributed by atoms with van der Waals surface area (Å²) in [5.41, 5.74) is 5.01. The molecule has 32 heavy (non-hydrogen) atoms. The minimum Gasteiger partial charge on any atom is -0.378 e. The maximum Gasteiger partial charge on any atom is 0.246 e. The van der Waals surface area contributed by atoms with Crippen molar-refractivity contribution in [2.45, 2.75) is 26.4 Å². The first-order chi connectivity index (χ1) is 15.6. The van der Waals surface area contributed by atoms with E-state index in [-0.39, 0.29) is 5.91 Å². The van der Waals surface area contributed by atoms with E-state index < -0.39 is 6.04 Å². The van der Waals surface area contributed by atoms with Gasteiger partial charge in [-0.05, 0) is 54.3 Å². The van der Waals surface area contributed by atoms with Crippen LogP contribution >= 0.6 is 0 Å². The van der Waals surface area contributed by atoms with Gasteiger partial charge in [0.25, 0.3) is 0 Å². The minimum absolute atomic E-state index is 0.0842. The third-order valence-electron chi connectivity index (χ3n) is 5.54. The summed E-state index contributed by atoms with van der Waals surface area (Å²) < 4.78 is 5.41. The van der Waals surface area contributed by atoms with E-state index >= 15 is 0 Å². The number of anilines is 2. The monoisotopic (exact) mass is 430 g/mol. The van der Waals surface area contributed by atoms with Gasteiger partial charge in [0.15, 0.2) is 0 Å². The molecule has 166 valence electrons. The lowest BCUT2D eigenvalue weighted by atomic mass is 10.1. The van der Waals surface area contributed by atoms with Gasteiger partial charge in [-0.25, -0.2) is 4.98 Å². The maximum atomic E-state index is 13.2. The average Bonchev–Trinajstić information content (AvgIpc) is 2.80. The Morgan fingerprint density at radius 3 is 2.41 bits per heavy atom. The average molecular weight is 431 g/mol. The Hall–Kier alpha value is -3.22. The lowest BCUT2D eigenvalue weighted by Crippen LogP contribution is -2.36. The van der Waals surface area contributed by atoms with Crippen molar-refractivity contribution in [1.29, 1.82) is 0 Å². The van der Waals surface area contributed by atoms with Gasteiger partial charge in [-0.1, -0.05) is 42.5 Å². The van der Waals surface area contributed by atoms with Gasteiger partial charge in [0.1, 0.15) is 11.9 Å². The van der Waals surface area contributed by atoms with Crippen LogP contribution in [0.2, 0.25) is 0 Å². The zero-order valence-corrected chi connectivity index (χ0v) is 18.7. The van der Waals surface area contributed by atoms with Crippen LogP contribution in [0.3, 0.4) is 0 Å². The molecule has 0 spiro atoms. The molecule has 6 heteroatoms. The zero-order chi connectivity index (χ0) is 22.3. The van der Waals surface area contributed by atoms with Crippen molar-refractivity contribution in [3.05, 3.63) is 89.1 Å². The number of morpholine rings is 1. The lowest BCUT2D eigenvalue weighted by Gasteiger charge is -2.27. The van der Waals surface area contributed by atoms with Gasteiger partial charge in [0.05, 0.1) is 13.2 Å². The molecule has 2 aromatic carbocycles. The Kier molecular flexibility index (Phi) is 7.14. The number of aryl methyl sites for hydroxylation is 2. The van der Waals surface area contributed by atoms with Crippen molar-refractivity contribution >= 4 is 17.4 Å². The second kappa shape index (κ2) is 10.4. The van der Waals surface area contributed by atoms with Crippen LogP contribution < -0.4 is 15.5 Å². The SMILES string of the molecule is Cc1cc(C)cc(NC(=O)C(NCc2ccc(N3CCOCC3)nc2)c2ccccc2)c1. The third-order valence-corrected chi connectivity index (χ3v) is 5.54. The Labute approximate surface area is 189 Å². The van der Waals surface area contributed by atoms with Gasteiger partial charge in [-0.3, -0.25) is 10.1 Å². The first-order valence-electron chi connectivity index (χ1n) is 11.0. The molecule has 0 saturated carbocycles. The number of hydrogen-bond acceptors (Lipinski definition) is 5. The molecule has 1 amide bonds. The molecule has 0 radical (unpaired) electrons. The lowest BCUT2D eigenvalue weighted by molar-refractivity contribution is -0.118. The van der Waals surface area contributed by atoms with Crippen molar-refractivity contribution in [3.8, 4) is 0 Å².